The molecule has 0 aliphatic carbocycles. The fraction of sp³-hybridized carbons (Fsp3) is 0.300. The van der Waals surface area contributed by atoms with Crippen LogP contribution in [0.2, 0.25) is 0 Å². The van der Waals surface area contributed by atoms with Crippen LogP contribution in [-0.2, 0) is 4.74 Å². The lowest BCUT2D eigenvalue weighted by Crippen LogP contribution is -2.04. The third-order valence-corrected chi connectivity index (χ3v) is 2.77. The zero-order chi connectivity index (χ0) is 10.8. The van der Waals surface area contributed by atoms with Crippen molar-refractivity contribution in [2.24, 2.45) is 0 Å². The molecule has 0 aromatic carbocycles. The first-order valence-corrected chi connectivity index (χ1v) is 5.42. The molecule has 78 valence electrons. The van der Waals surface area contributed by atoms with Crippen LogP contribution in [0, 0.1) is 6.92 Å². The van der Waals surface area contributed by atoms with E-state index in [1.54, 1.807) is 13.0 Å². The Balaban J connectivity index is 2.41. The maximum Gasteiger partial charge on any atom is 0.339 e. The van der Waals surface area contributed by atoms with Crippen molar-refractivity contribution in [1.82, 2.24) is 9.97 Å². The zero-order valence-corrected chi connectivity index (χ0v) is 9.30. The van der Waals surface area contributed by atoms with E-state index in [0.29, 0.717) is 17.8 Å². The van der Waals surface area contributed by atoms with E-state index < -0.39 is 0 Å². The van der Waals surface area contributed by atoms with Gasteiger partial charge in [0.05, 0.1) is 21.9 Å². The largest absolute Gasteiger partial charge is 0.462 e. The quantitative estimate of drug-likeness (QED) is 0.731. The molecule has 5 heteroatoms. The molecule has 0 N–H and O–H groups in total. The van der Waals surface area contributed by atoms with Crippen LogP contribution in [0.15, 0.2) is 12.3 Å². The lowest BCUT2D eigenvalue weighted by atomic mass is 10.3. The lowest BCUT2D eigenvalue weighted by molar-refractivity contribution is 0.0526. The van der Waals surface area contributed by atoms with Gasteiger partial charge < -0.3 is 4.74 Å². The smallest absolute Gasteiger partial charge is 0.339 e. The average Bonchev–Trinajstić information content (AvgIpc) is 2.57. The number of carbonyl (C=O) groups excluding carboxylic acids is 1. The maximum atomic E-state index is 11.4. The SMILES string of the molecule is CCOC(=O)c1cnc2nc(C)sc2c1. The van der Waals surface area contributed by atoms with Crippen molar-refractivity contribution in [3.63, 3.8) is 0 Å². The molecule has 0 aliphatic rings. The van der Waals surface area contributed by atoms with E-state index in [2.05, 4.69) is 9.97 Å². The molecule has 0 bridgehead atoms. The molecule has 0 saturated carbocycles. The van der Waals surface area contributed by atoms with Crippen LogP contribution in [0.3, 0.4) is 0 Å². The summed E-state index contributed by atoms with van der Waals surface area (Å²) in [6.07, 6.45) is 1.50. The van der Waals surface area contributed by atoms with Gasteiger partial charge >= 0.3 is 5.97 Å². The third kappa shape index (κ3) is 1.97. The molecule has 0 spiro atoms. The lowest BCUT2D eigenvalue weighted by Gasteiger charge is -1.99. The molecule has 2 heterocycles. The van der Waals surface area contributed by atoms with Gasteiger partial charge in [0.2, 0.25) is 0 Å². The Morgan fingerprint density at radius 3 is 3.13 bits per heavy atom. The summed E-state index contributed by atoms with van der Waals surface area (Å²) in [7, 11) is 0. The molecule has 2 aromatic rings. The van der Waals surface area contributed by atoms with Crippen molar-refractivity contribution in [2.75, 3.05) is 6.61 Å². The first kappa shape index (κ1) is 10.0. The zero-order valence-electron chi connectivity index (χ0n) is 8.48. The van der Waals surface area contributed by atoms with Crippen LogP contribution in [0.25, 0.3) is 10.3 Å². The molecular formula is C10H10N2O2S. The van der Waals surface area contributed by atoms with E-state index >= 15 is 0 Å². The van der Waals surface area contributed by atoms with Crippen LogP contribution < -0.4 is 0 Å². The first-order chi connectivity index (χ1) is 7.20. The van der Waals surface area contributed by atoms with Gasteiger partial charge in [-0.15, -0.1) is 11.3 Å². The van der Waals surface area contributed by atoms with Gasteiger partial charge in [0.1, 0.15) is 0 Å². The predicted molar refractivity (Wildman–Crippen MR) is 58.1 cm³/mol. The van der Waals surface area contributed by atoms with Crippen molar-refractivity contribution in [3.8, 4) is 0 Å². The molecule has 2 rings (SSSR count). The summed E-state index contributed by atoms with van der Waals surface area (Å²) in [5.74, 6) is -0.335. The van der Waals surface area contributed by atoms with E-state index in [4.69, 9.17) is 4.74 Å². The fourth-order valence-electron chi connectivity index (χ4n) is 1.25. The van der Waals surface area contributed by atoms with Crippen LogP contribution in [0.5, 0.6) is 0 Å². The Morgan fingerprint density at radius 1 is 1.60 bits per heavy atom. The molecule has 0 radical (unpaired) electrons. The monoisotopic (exact) mass is 222 g/mol. The number of ether oxygens (including phenoxy) is 1. The second-order valence-corrected chi connectivity index (χ2v) is 4.23. The number of aromatic nitrogens is 2. The highest BCUT2D eigenvalue weighted by atomic mass is 32.1. The maximum absolute atomic E-state index is 11.4. The highest BCUT2D eigenvalue weighted by Gasteiger charge is 2.09. The molecule has 2 aromatic heterocycles. The summed E-state index contributed by atoms with van der Waals surface area (Å²) in [6.45, 7) is 4.07. The van der Waals surface area contributed by atoms with Crippen LogP contribution in [0.4, 0.5) is 0 Å². The summed E-state index contributed by atoms with van der Waals surface area (Å²) in [5, 5.41) is 0.943. The number of hydrogen-bond acceptors (Lipinski definition) is 5. The van der Waals surface area contributed by atoms with E-state index in [9.17, 15) is 4.79 Å². The Labute approximate surface area is 90.9 Å². The molecular weight excluding hydrogens is 212 g/mol. The summed E-state index contributed by atoms with van der Waals surface area (Å²) in [6, 6.07) is 1.77. The minimum atomic E-state index is -0.335. The number of fused-ring (bicyclic) bond motifs is 1. The third-order valence-electron chi connectivity index (χ3n) is 1.87. The molecule has 15 heavy (non-hydrogen) atoms. The Bertz CT molecular complexity index is 507. The molecule has 0 unspecified atom stereocenters. The highest BCUT2D eigenvalue weighted by molar-refractivity contribution is 7.18. The molecule has 4 nitrogen and oxygen atoms in total. The van der Waals surface area contributed by atoms with Crippen molar-refractivity contribution >= 4 is 27.7 Å². The van der Waals surface area contributed by atoms with Gasteiger partial charge in [0.15, 0.2) is 5.65 Å². The molecule has 0 aliphatic heterocycles. The minimum absolute atomic E-state index is 0.335. The Kier molecular flexibility index (Phi) is 2.64. The van der Waals surface area contributed by atoms with Crippen LogP contribution >= 0.6 is 11.3 Å². The minimum Gasteiger partial charge on any atom is -0.462 e. The number of rotatable bonds is 2. The summed E-state index contributed by atoms with van der Waals surface area (Å²) < 4.78 is 5.80. The molecule has 0 fully saturated rings. The van der Waals surface area contributed by atoms with Crippen molar-refractivity contribution < 1.29 is 9.53 Å². The van der Waals surface area contributed by atoms with Crippen molar-refractivity contribution in [2.45, 2.75) is 13.8 Å². The molecule has 0 atom stereocenters. The van der Waals surface area contributed by atoms with E-state index in [1.807, 2.05) is 6.92 Å². The van der Waals surface area contributed by atoms with Gasteiger partial charge in [0.25, 0.3) is 0 Å². The summed E-state index contributed by atoms with van der Waals surface area (Å²) >= 11 is 1.52. The predicted octanol–water partition coefficient (Wildman–Crippen LogP) is 2.18. The number of pyridine rings is 1. The first-order valence-electron chi connectivity index (χ1n) is 4.61. The Morgan fingerprint density at radius 2 is 2.40 bits per heavy atom. The summed E-state index contributed by atoms with van der Waals surface area (Å²) in [5.41, 5.74) is 1.17. The second kappa shape index (κ2) is 3.94. The van der Waals surface area contributed by atoms with Gasteiger partial charge in [0, 0.05) is 6.20 Å². The number of thiazole rings is 1. The number of aryl methyl sites for hydroxylation is 1. The number of esters is 1. The van der Waals surface area contributed by atoms with Crippen LogP contribution in [-0.4, -0.2) is 22.5 Å². The van der Waals surface area contributed by atoms with E-state index in [-0.39, 0.29) is 5.97 Å². The molecule has 0 amide bonds. The van der Waals surface area contributed by atoms with Gasteiger partial charge in [-0.25, -0.2) is 14.8 Å². The fourth-order valence-corrected chi connectivity index (χ4v) is 2.08. The topological polar surface area (TPSA) is 52.1 Å². The van der Waals surface area contributed by atoms with Gasteiger partial charge in [-0.05, 0) is 19.9 Å². The number of nitrogens with zero attached hydrogens (tertiary/aromatic N) is 2. The number of carbonyl (C=O) groups is 1. The summed E-state index contributed by atoms with van der Waals surface area (Å²) in [4.78, 5) is 19.7. The number of hydrogen-bond donors (Lipinski definition) is 0. The standard InChI is InChI=1S/C10H10N2O2S/c1-3-14-10(13)7-4-8-9(11-5-7)12-6(2)15-8/h4-5H,3H2,1-2H3. The van der Waals surface area contributed by atoms with E-state index in [0.717, 1.165) is 9.71 Å². The van der Waals surface area contributed by atoms with Gasteiger partial charge in [-0.1, -0.05) is 0 Å². The van der Waals surface area contributed by atoms with Crippen molar-refractivity contribution in [3.05, 3.63) is 22.8 Å². The van der Waals surface area contributed by atoms with Crippen LogP contribution in [0.1, 0.15) is 22.3 Å². The second-order valence-electron chi connectivity index (χ2n) is 3.00. The van der Waals surface area contributed by atoms with Crippen molar-refractivity contribution in [1.29, 1.82) is 0 Å². The van der Waals surface area contributed by atoms with E-state index in [1.165, 1.54) is 17.5 Å². The van der Waals surface area contributed by atoms with Gasteiger partial charge in [-0.3, -0.25) is 0 Å². The average molecular weight is 222 g/mol. The Hall–Kier alpha value is -1.49. The highest BCUT2D eigenvalue weighted by Crippen LogP contribution is 2.20. The molecule has 0 saturated heterocycles. The normalized spacial score (nSPS) is 10.5. The van der Waals surface area contributed by atoms with Gasteiger partial charge in [-0.2, -0.15) is 0 Å².